The number of anilines is 1. The van der Waals surface area contributed by atoms with E-state index in [0.29, 0.717) is 10.7 Å². The molecule has 0 aliphatic heterocycles. The molecule has 0 aliphatic carbocycles. The second-order valence-electron chi connectivity index (χ2n) is 2.82. The Bertz CT molecular complexity index is 422. The summed E-state index contributed by atoms with van der Waals surface area (Å²) in [6, 6.07) is 2.95. The number of aromatic nitrogens is 1. The summed E-state index contributed by atoms with van der Waals surface area (Å²) in [4.78, 5) is 25.7. The van der Waals surface area contributed by atoms with Gasteiger partial charge in [0.15, 0.2) is 0 Å². The highest BCUT2D eigenvalue weighted by molar-refractivity contribution is 8.00. The highest BCUT2D eigenvalue weighted by Crippen LogP contribution is 2.22. The lowest BCUT2D eigenvalue weighted by Gasteiger charge is -2.04. The van der Waals surface area contributed by atoms with Crippen LogP contribution < -0.4 is 11.5 Å². The molecular formula is C9H11N3O3S. The lowest BCUT2D eigenvalue weighted by Crippen LogP contribution is -2.14. The Labute approximate surface area is 96.4 Å². The van der Waals surface area contributed by atoms with Crippen molar-refractivity contribution >= 4 is 29.3 Å². The fraction of sp³-hybridized carbons (Fsp3) is 0.222. The number of hydrogen-bond donors (Lipinski definition) is 2. The number of hydrogen-bond acceptors (Lipinski definition) is 6. The van der Waals surface area contributed by atoms with Crippen molar-refractivity contribution in [2.24, 2.45) is 5.73 Å². The molecule has 0 atom stereocenters. The number of ether oxygens (including phenoxy) is 1. The van der Waals surface area contributed by atoms with Crippen molar-refractivity contribution in [2.45, 2.75) is 5.03 Å². The summed E-state index contributed by atoms with van der Waals surface area (Å²) in [6.45, 7) is 0. The van der Waals surface area contributed by atoms with Crippen molar-refractivity contribution < 1.29 is 14.3 Å². The predicted octanol–water partition coefficient (Wildman–Crippen LogP) is 0.0278. The number of carbonyl (C=O) groups is 2. The van der Waals surface area contributed by atoms with Gasteiger partial charge in [-0.25, -0.2) is 4.98 Å². The fourth-order valence-electron chi connectivity index (χ4n) is 0.890. The van der Waals surface area contributed by atoms with Gasteiger partial charge in [0.05, 0.1) is 18.6 Å². The smallest absolute Gasteiger partial charge is 0.316 e. The van der Waals surface area contributed by atoms with Crippen LogP contribution in [0.2, 0.25) is 0 Å². The Morgan fingerprint density at radius 3 is 2.75 bits per heavy atom. The summed E-state index contributed by atoms with van der Waals surface area (Å²) in [5.41, 5.74) is 11.2. The summed E-state index contributed by atoms with van der Waals surface area (Å²) >= 11 is 1.09. The molecule has 0 fully saturated rings. The number of thioether (sulfide) groups is 1. The van der Waals surface area contributed by atoms with Crippen LogP contribution in [0, 0.1) is 0 Å². The maximum atomic E-state index is 10.9. The minimum absolute atomic E-state index is 0.0793. The molecule has 16 heavy (non-hydrogen) atoms. The van der Waals surface area contributed by atoms with Crippen molar-refractivity contribution in [3.05, 3.63) is 17.8 Å². The highest BCUT2D eigenvalue weighted by atomic mass is 32.2. The number of carbonyl (C=O) groups excluding carboxylic acids is 2. The first kappa shape index (κ1) is 12.3. The van der Waals surface area contributed by atoms with Gasteiger partial charge in [0, 0.05) is 0 Å². The van der Waals surface area contributed by atoms with Crippen molar-refractivity contribution in [2.75, 3.05) is 18.6 Å². The van der Waals surface area contributed by atoms with Crippen LogP contribution >= 0.6 is 11.8 Å². The summed E-state index contributed by atoms with van der Waals surface area (Å²) < 4.78 is 4.47. The standard InChI is InChI=1S/C9H11N3O3S/c1-15-7(13)4-16-9-5(10)2-3-6(12-9)8(11)14/h2-3H,4,10H2,1H3,(H2,11,14). The van der Waals surface area contributed by atoms with Crippen LogP contribution in [-0.4, -0.2) is 29.7 Å². The van der Waals surface area contributed by atoms with Gasteiger partial charge in [-0.1, -0.05) is 11.8 Å². The largest absolute Gasteiger partial charge is 0.468 e. The normalized spacial score (nSPS) is 9.81. The first-order chi connectivity index (χ1) is 7.54. The Balaban J connectivity index is 2.82. The number of pyridine rings is 1. The summed E-state index contributed by atoms with van der Waals surface area (Å²) in [5, 5.41) is 0.390. The zero-order valence-electron chi connectivity index (χ0n) is 8.60. The van der Waals surface area contributed by atoms with Gasteiger partial charge in [0.2, 0.25) is 0 Å². The first-order valence-electron chi connectivity index (χ1n) is 4.30. The van der Waals surface area contributed by atoms with Crippen LogP contribution in [-0.2, 0) is 9.53 Å². The van der Waals surface area contributed by atoms with E-state index in [1.807, 2.05) is 0 Å². The van der Waals surface area contributed by atoms with Gasteiger partial charge >= 0.3 is 5.97 Å². The van der Waals surface area contributed by atoms with Crippen molar-refractivity contribution in [3.8, 4) is 0 Å². The second-order valence-corrected chi connectivity index (χ2v) is 3.78. The lowest BCUT2D eigenvalue weighted by molar-refractivity contribution is -0.137. The van der Waals surface area contributed by atoms with E-state index >= 15 is 0 Å². The molecule has 6 nitrogen and oxygen atoms in total. The van der Waals surface area contributed by atoms with E-state index in [2.05, 4.69) is 9.72 Å². The molecule has 7 heteroatoms. The SMILES string of the molecule is COC(=O)CSc1nc(C(N)=O)ccc1N. The molecule has 1 amide bonds. The fourth-order valence-corrected chi connectivity index (χ4v) is 1.66. The van der Waals surface area contributed by atoms with Crippen molar-refractivity contribution in [1.29, 1.82) is 0 Å². The average molecular weight is 241 g/mol. The number of nitrogens with two attached hydrogens (primary N) is 2. The van der Waals surface area contributed by atoms with E-state index in [1.54, 1.807) is 0 Å². The van der Waals surface area contributed by atoms with Crippen LogP contribution in [0.5, 0.6) is 0 Å². The minimum Gasteiger partial charge on any atom is -0.468 e. The average Bonchev–Trinajstić information content (AvgIpc) is 2.27. The maximum Gasteiger partial charge on any atom is 0.316 e. The molecule has 1 aromatic rings. The molecule has 0 saturated heterocycles. The van der Waals surface area contributed by atoms with E-state index in [0.717, 1.165) is 11.8 Å². The molecule has 0 aliphatic rings. The predicted molar refractivity (Wildman–Crippen MR) is 59.9 cm³/mol. The van der Waals surface area contributed by atoms with Gasteiger partial charge in [-0.15, -0.1) is 0 Å². The molecule has 1 heterocycles. The van der Waals surface area contributed by atoms with Crippen LogP contribution in [0.4, 0.5) is 5.69 Å². The van der Waals surface area contributed by atoms with E-state index in [4.69, 9.17) is 11.5 Å². The molecule has 0 saturated carbocycles. The zero-order chi connectivity index (χ0) is 12.1. The number of nitrogen functional groups attached to an aromatic ring is 1. The summed E-state index contributed by atoms with van der Waals surface area (Å²) in [6.07, 6.45) is 0. The van der Waals surface area contributed by atoms with E-state index in [1.165, 1.54) is 19.2 Å². The molecule has 0 radical (unpaired) electrons. The number of amides is 1. The van der Waals surface area contributed by atoms with Gasteiger partial charge in [0.1, 0.15) is 10.7 Å². The van der Waals surface area contributed by atoms with Gasteiger partial charge in [-0.05, 0) is 12.1 Å². The Morgan fingerprint density at radius 2 is 2.19 bits per heavy atom. The van der Waals surface area contributed by atoms with E-state index in [9.17, 15) is 9.59 Å². The number of methoxy groups -OCH3 is 1. The molecule has 1 rings (SSSR count). The van der Waals surface area contributed by atoms with E-state index < -0.39 is 11.9 Å². The molecule has 0 spiro atoms. The third-order valence-corrected chi connectivity index (χ3v) is 2.68. The monoisotopic (exact) mass is 241 g/mol. The zero-order valence-corrected chi connectivity index (χ0v) is 9.41. The molecular weight excluding hydrogens is 230 g/mol. The molecule has 86 valence electrons. The van der Waals surface area contributed by atoms with E-state index in [-0.39, 0.29) is 11.4 Å². The third kappa shape index (κ3) is 3.13. The number of rotatable bonds is 4. The minimum atomic E-state index is -0.639. The topological polar surface area (TPSA) is 108 Å². The Hall–Kier alpha value is -1.76. The van der Waals surface area contributed by atoms with Crippen LogP contribution in [0.1, 0.15) is 10.5 Å². The Kier molecular flexibility index (Phi) is 4.12. The molecule has 1 aromatic heterocycles. The van der Waals surface area contributed by atoms with Crippen molar-refractivity contribution in [1.82, 2.24) is 4.98 Å². The second kappa shape index (κ2) is 5.36. The number of primary amides is 1. The Morgan fingerprint density at radius 1 is 1.50 bits per heavy atom. The molecule has 4 N–H and O–H groups in total. The van der Waals surface area contributed by atoms with Gasteiger partial charge < -0.3 is 16.2 Å². The quantitative estimate of drug-likeness (QED) is 0.568. The number of nitrogens with zero attached hydrogens (tertiary/aromatic N) is 1. The first-order valence-corrected chi connectivity index (χ1v) is 5.29. The van der Waals surface area contributed by atoms with Crippen LogP contribution in [0.25, 0.3) is 0 Å². The molecule has 0 aromatic carbocycles. The summed E-state index contributed by atoms with van der Waals surface area (Å²) in [5.74, 6) is -0.953. The van der Waals surface area contributed by atoms with Crippen LogP contribution in [0.15, 0.2) is 17.2 Å². The highest BCUT2D eigenvalue weighted by Gasteiger charge is 2.09. The lowest BCUT2D eigenvalue weighted by atomic mass is 10.3. The third-order valence-electron chi connectivity index (χ3n) is 1.70. The van der Waals surface area contributed by atoms with Crippen LogP contribution in [0.3, 0.4) is 0 Å². The van der Waals surface area contributed by atoms with Gasteiger partial charge in [-0.2, -0.15) is 0 Å². The molecule has 0 unspecified atom stereocenters. The maximum absolute atomic E-state index is 10.9. The van der Waals surface area contributed by atoms with Gasteiger partial charge in [-0.3, -0.25) is 9.59 Å². The number of esters is 1. The molecule has 0 bridgehead atoms. The van der Waals surface area contributed by atoms with Gasteiger partial charge in [0.25, 0.3) is 5.91 Å². The van der Waals surface area contributed by atoms with Crippen molar-refractivity contribution in [3.63, 3.8) is 0 Å². The summed E-state index contributed by atoms with van der Waals surface area (Å²) in [7, 11) is 1.29.